The van der Waals surface area contributed by atoms with E-state index in [9.17, 15) is 23.5 Å². The Morgan fingerprint density at radius 3 is 2.21 bits per heavy atom. The van der Waals surface area contributed by atoms with Gasteiger partial charge in [-0.05, 0) is 46.0 Å². The Labute approximate surface area is 202 Å². The predicted molar refractivity (Wildman–Crippen MR) is 124 cm³/mol. The van der Waals surface area contributed by atoms with Crippen LogP contribution < -0.4 is 10.1 Å². The Balaban J connectivity index is 1.45. The Morgan fingerprint density at radius 2 is 1.62 bits per heavy atom. The van der Waals surface area contributed by atoms with Crippen LogP contribution in [0.2, 0.25) is 0 Å². The van der Waals surface area contributed by atoms with Crippen molar-refractivity contribution in [1.82, 2.24) is 5.32 Å². The zero-order valence-corrected chi connectivity index (χ0v) is 19.3. The van der Waals surface area contributed by atoms with Crippen LogP contribution in [0.5, 0.6) is 5.75 Å². The molecule has 34 heavy (non-hydrogen) atoms. The first-order valence-electron chi connectivity index (χ1n) is 10.4. The molecule has 0 heterocycles. The summed E-state index contributed by atoms with van der Waals surface area (Å²) in [6, 6.07) is 18.5. The number of rotatable bonds is 8. The van der Waals surface area contributed by atoms with E-state index >= 15 is 0 Å². The first kappa shape index (κ1) is 23.7. The highest BCUT2D eigenvalue weighted by molar-refractivity contribution is 9.10. The molecule has 0 aromatic heterocycles. The molecule has 0 spiro atoms. The third-order valence-corrected chi connectivity index (χ3v) is 6.09. The van der Waals surface area contributed by atoms with Crippen molar-refractivity contribution in [3.05, 3.63) is 87.9 Å². The van der Waals surface area contributed by atoms with E-state index in [4.69, 9.17) is 4.74 Å². The summed E-state index contributed by atoms with van der Waals surface area (Å²) in [4.78, 5) is 24.3. The fourth-order valence-electron chi connectivity index (χ4n) is 4.12. The van der Waals surface area contributed by atoms with Crippen LogP contribution >= 0.6 is 15.9 Å². The van der Waals surface area contributed by atoms with Crippen molar-refractivity contribution in [3.8, 4) is 16.9 Å². The number of nitrogens with one attached hydrogen (secondary N) is 1. The number of carboxylic acid groups (broad SMARTS) is 1. The minimum Gasteiger partial charge on any atom is -0.480 e. The number of hydrogen-bond acceptors (Lipinski definition) is 4. The number of alkyl carbamates (subject to hydrolysis) is 1. The number of carboxylic acids is 1. The Morgan fingerprint density at radius 1 is 1.00 bits per heavy atom. The van der Waals surface area contributed by atoms with Gasteiger partial charge in [0, 0.05) is 16.8 Å². The molecule has 1 amide bonds. The SMILES string of the molecule is O=C(NC(Cc1cc(Br)ccc1OC(F)F)C(=O)O)OCC1c2ccccc2-c2ccccc21. The van der Waals surface area contributed by atoms with Gasteiger partial charge in [-0.3, -0.25) is 0 Å². The van der Waals surface area contributed by atoms with E-state index in [-0.39, 0.29) is 30.3 Å². The van der Waals surface area contributed by atoms with E-state index in [1.165, 1.54) is 18.2 Å². The molecule has 3 aromatic carbocycles. The number of ether oxygens (including phenoxy) is 2. The quantitative estimate of drug-likeness (QED) is 0.396. The zero-order valence-electron chi connectivity index (χ0n) is 17.7. The summed E-state index contributed by atoms with van der Waals surface area (Å²) in [5.41, 5.74) is 4.37. The van der Waals surface area contributed by atoms with Crippen molar-refractivity contribution in [2.24, 2.45) is 0 Å². The van der Waals surface area contributed by atoms with E-state index in [0.29, 0.717) is 4.47 Å². The molecule has 0 radical (unpaired) electrons. The first-order chi connectivity index (χ1) is 16.3. The van der Waals surface area contributed by atoms with Crippen molar-refractivity contribution in [3.63, 3.8) is 0 Å². The highest BCUT2D eigenvalue weighted by Gasteiger charge is 2.30. The largest absolute Gasteiger partial charge is 0.480 e. The minimum absolute atomic E-state index is 0.0167. The maximum absolute atomic E-state index is 12.7. The van der Waals surface area contributed by atoms with Crippen molar-refractivity contribution >= 4 is 28.0 Å². The molecule has 0 bridgehead atoms. The maximum Gasteiger partial charge on any atom is 0.407 e. The molecule has 0 aliphatic heterocycles. The molecular weight excluding hydrogens is 512 g/mol. The summed E-state index contributed by atoms with van der Waals surface area (Å²) in [5.74, 6) is -1.69. The lowest BCUT2D eigenvalue weighted by atomic mass is 9.98. The van der Waals surface area contributed by atoms with Gasteiger partial charge < -0.3 is 19.9 Å². The van der Waals surface area contributed by atoms with Gasteiger partial charge >= 0.3 is 18.7 Å². The molecule has 9 heteroatoms. The van der Waals surface area contributed by atoms with Gasteiger partial charge in [0.1, 0.15) is 18.4 Å². The fourth-order valence-corrected chi connectivity index (χ4v) is 4.53. The summed E-state index contributed by atoms with van der Waals surface area (Å²) < 4.78 is 35.9. The summed E-state index contributed by atoms with van der Waals surface area (Å²) in [5, 5.41) is 11.9. The van der Waals surface area contributed by atoms with Crippen LogP contribution in [-0.4, -0.2) is 36.4 Å². The van der Waals surface area contributed by atoms with E-state index in [1.807, 2.05) is 48.5 Å². The normalized spacial score (nSPS) is 13.2. The van der Waals surface area contributed by atoms with Gasteiger partial charge in [0.05, 0.1) is 0 Å². The molecule has 3 aromatic rings. The van der Waals surface area contributed by atoms with E-state index in [0.717, 1.165) is 22.3 Å². The highest BCUT2D eigenvalue weighted by Crippen LogP contribution is 2.44. The molecule has 0 saturated heterocycles. The number of fused-ring (bicyclic) bond motifs is 3. The fraction of sp³-hybridized carbons (Fsp3) is 0.200. The van der Waals surface area contributed by atoms with Crippen molar-refractivity contribution in [2.45, 2.75) is 25.0 Å². The number of aliphatic carboxylic acids is 1. The number of carbonyl (C=O) groups is 2. The molecule has 0 fully saturated rings. The summed E-state index contributed by atoms with van der Waals surface area (Å²) in [6.45, 7) is -3.05. The van der Waals surface area contributed by atoms with Gasteiger partial charge in [-0.15, -0.1) is 0 Å². The summed E-state index contributed by atoms with van der Waals surface area (Å²) in [6.07, 6.45) is -1.19. The molecule has 1 aliphatic rings. The second-order valence-electron chi connectivity index (χ2n) is 7.70. The second-order valence-corrected chi connectivity index (χ2v) is 8.61. The molecule has 6 nitrogen and oxygen atoms in total. The number of halogens is 3. The molecule has 4 rings (SSSR count). The van der Waals surface area contributed by atoms with Crippen LogP contribution in [-0.2, 0) is 16.0 Å². The lowest BCUT2D eigenvalue weighted by Crippen LogP contribution is -2.43. The number of benzene rings is 3. The molecular formula is C25H20BrF2NO5. The number of amides is 1. The Kier molecular flexibility index (Phi) is 7.12. The molecule has 1 unspecified atom stereocenters. The Hall–Kier alpha value is -3.46. The molecule has 1 atom stereocenters. The smallest absolute Gasteiger partial charge is 0.407 e. The van der Waals surface area contributed by atoms with Crippen molar-refractivity contribution in [2.75, 3.05) is 6.61 Å². The van der Waals surface area contributed by atoms with Gasteiger partial charge in [0.25, 0.3) is 0 Å². The number of alkyl halides is 2. The topological polar surface area (TPSA) is 84.9 Å². The molecule has 1 aliphatic carbocycles. The third-order valence-electron chi connectivity index (χ3n) is 5.60. The minimum atomic E-state index is -3.07. The molecule has 176 valence electrons. The van der Waals surface area contributed by atoms with Crippen LogP contribution in [0, 0.1) is 0 Å². The maximum atomic E-state index is 12.7. The van der Waals surface area contributed by atoms with E-state index < -0.39 is 24.7 Å². The average molecular weight is 532 g/mol. The van der Waals surface area contributed by atoms with Gasteiger partial charge in [-0.1, -0.05) is 64.5 Å². The highest BCUT2D eigenvalue weighted by atomic mass is 79.9. The third kappa shape index (κ3) is 5.20. The lowest BCUT2D eigenvalue weighted by molar-refractivity contribution is -0.139. The lowest BCUT2D eigenvalue weighted by Gasteiger charge is -2.19. The van der Waals surface area contributed by atoms with Crippen LogP contribution in [0.1, 0.15) is 22.6 Å². The second kappa shape index (κ2) is 10.2. The molecule has 2 N–H and O–H groups in total. The van der Waals surface area contributed by atoms with E-state index in [1.54, 1.807) is 0 Å². The van der Waals surface area contributed by atoms with Crippen molar-refractivity contribution < 1.29 is 33.0 Å². The zero-order chi connectivity index (χ0) is 24.2. The van der Waals surface area contributed by atoms with Gasteiger partial charge in [-0.2, -0.15) is 8.78 Å². The molecule has 0 saturated carbocycles. The average Bonchev–Trinajstić information content (AvgIpc) is 3.12. The van der Waals surface area contributed by atoms with E-state index in [2.05, 4.69) is 26.0 Å². The standard InChI is InChI=1S/C25H20BrF2NO5/c26-15-9-10-22(34-24(27)28)14(11-15)12-21(23(30)31)29-25(32)33-13-20-18-7-3-1-5-16(18)17-6-2-4-8-19(17)20/h1-11,20-21,24H,12-13H2,(H,29,32)(H,30,31). The first-order valence-corrected chi connectivity index (χ1v) is 11.2. The van der Waals surface area contributed by atoms with Crippen LogP contribution in [0.15, 0.2) is 71.2 Å². The van der Waals surface area contributed by atoms with Gasteiger partial charge in [0.15, 0.2) is 0 Å². The van der Waals surface area contributed by atoms with Gasteiger partial charge in [0.2, 0.25) is 0 Å². The Bertz CT molecular complexity index is 1170. The number of carbonyl (C=O) groups excluding carboxylic acids is 1. The van der Waals surface area contributed by atoms with Crippen molar-refractivity contribution in [1.29, 1.82) is 0 Å². The summed E-state index contributed by atoms with van der Waals surface area (Å²) in [7, 11) is 0. The van der Waals surface area contributed by atoms with Gasteiger partial charge in [-0.25, -0.2) is 9.59 Å². The van der Waals surface area contributed by atoms with Crippen LogP contribution in [0.3, 0.4) is 0 Å². The predicted octanol–water partition coefficient (Wildman–Crippen LogP) is 5.58. The van der Waals surface area contributed by atoms with Crippen LogP contribution in [0.25, 0.3) is 11.1 Å². The monoisotopic (exact) mass is 531 g/mol. The van der Waals surface area contributed by atoms with Crippen LogP contribution in [0.4, 0.5) is 13.6 Å². The summed E-state index contributed by atoms with van der Waals surface area (Å²) >= 11 is 3.23. The number of hydrogen-bond donors (Lipinski definition) is 2.